The summed E-state index contributed by atoms with van der Waals surface area (Å²) in [5.41, 5.74) is 13.6. The van der Waals surface area contributed by atoms with E-state index in [-0.39, 0.29) is 105 Å². The lowest BCUT2D eigenvalue weighted by atomic mass is 9.86. The molecule has 0 radical (unpaired) electrons. The Morgan fingerprint density at radius 2 is 0.700 bits per heavy atom. The second-order valence-corrected chi connectivity index (χ2v) is 37.7. The highest BCUT2D eigenvalue weighted by Crippen LogP contribution is 2.42. The Morgan fingerprint density at radius 1 is 0.393 bits per heavy atom. The molecule has 0 spiro atoms. The molecule has 0 aliphatic heterocycles. The summed E-state index contributed by atoms with van der Waals surface area (Å²) in [5, 5.41) is 26.0. The first kappa shape index (κ1) is 102. The van der Waals surface area contributed by atoms with Crippen LogP contribution in [0.2, 0.25) is 0 Å². The van der Waals surface area contributed by atoms with Crippen molar-refractivity contribution in [1.29, 1.82) is 0 Å². The SMILES string of the molecule is CC(F)(F)c1ccc(CN(c2ncnc(NCC3CCC(NS(=O)(=O)CC(F)(F)F)CC3)c2F)C2CC2)cc1.CC(F)(F)c1ccc(CN(c2ncnc(NCc3ccc(CC(N)=O)cc3)c2F)C2CC2)cc1.CC(F)(F)c1ccc(CN(c2ncnc(NCc3ccc(Cc4nn[nH]n4)cc3)c2F)C2CC2)cc1.Cc1ccc(CNc2ncnc(N(Cc3ccc(C(C)(F)F)cc3)C3CC3)c2F)cn1. The molecule has 0 saturated heterocycles. The first-order valence-corrected chi connectivity index (χ1v) is 47.3. The zero-order valence-electron chi connectivity index (χ0n) is 77.2. The maximum absolute atomic E-state index is 15.5. The van der Waals surface area contributed by atoms with Gasteiger partial charge in [-0.15, -0.1) is 10.2 Å². The molecule has 140 heavy (non-hydrogen) atoms. The number of aromatic nitrogens is 13. The molecular formula is C98H106F15N23O3S. The number of pyridine rings is 1. The van der Waals surface area contributed by atoms with E-state index in [1.54, 1.807) is 71.8 Å². The van der Waals surface area contributed by atoms with Gasteiger partial charge in [0.15, 0.2) is 58.1 Å². The molecule has 0 bridgehead atoms. The number of nitrogens with zero attached hydrogens (tertiary/aromatic N) is 16. The second kappa shape index (κ2) is 44.8. The summed E-state index contributed by atoms with van der Waals surface area (Å²) in [5.74, 6) is -14.5. The van der Waals surface area contributed by atoms with Gasteiger partial charge in [-0.2, -0.15) is 35.9 Å². The van der Waals surface area contributed by atoms with Crippen LogP contribution < -0.4 is 51.3 Å². The number of amides is 1. The molecule has 0 atom stereocenters. The lowest BCUT2D eigenvalue weighted by molar-refractivity contribution is -0.117. The summed E-state index contributed by atoms with van der Waals surface area (Å²) < 4.78 is 233. The van der Waals surface area contributed by atoms with Gasteiger partial charge in [-0.05, 0) is 146 Å². The number of aryl methyl sites for hydroxylation is 1. The summed E-state index contributed by atoms with van der Waals surface area (Å²) in [4.78, 5) is 55.7. The summed E-state index contributed by atoms with van der Waals surface area (Å²) in [6.45, 7) is 8.19. The van der Waals surface area contributed by atoms with E-state index in [0.29, 0.717) is 90.3 Å². The maximum atomic E-state index is 15.5. The Balaban J connectivity index is 0.000000149. The molecule has 5 saturated carbocycles. The normalized spacial score (nSPS) is 15.6. The first-order chi connectivity index (χ1) is 66.6. The number of nitrogens with one attached hydrogen (secondary N) is 6. The molecule has 742 valence electrons. The van der Waals surface area contributed by atoms with Crippen molar-refractivity contribution in [2.75, 3.05) is 53.2 Å². The first-order valence-electron chi connectivity index (χ1n) is 45.7. The van der Waals surface area contributed by atoms with Crippen molar-refractivity contribution in [3.05, 3.63) is 296 Å². The van der Waals surface area contributed by atoms with E-state index < -0.39 is 80.9 Å². The fourth-order valence-electron chi connectivity index (χ4n) is 15.8. The minimum atomic E-state index is -4.81. The third-order valence-corrected chi connectivity index (χ3v) is 25.4. The molecule has 17 rings (SSSR count). The van der Waals surface area contributed by atoms with Crippen LogP contribution in [0.25, 0.3) is 0 Å². The fraction of sp³-hybridized carbons (Fsp3) is 0.398. The van der Waals surface area contributed by atoms with Crippen molar-refractivity contribution in [2.24, 2.45) is 11.7 Å². The van der Waals surface area contributed by atoms with E-state index in [4.69, 9.17) is 5.73 Å². The number of hydrogen-bond donors (Lipinski definition) is 7. The number of aromatic amines is 1. The Bertz CT molecular complexity index is 6190. The molecule has 0 unspecified atom stereocenters. The topological polar surface area (TPSA) is 321 Å². The highest BCUT2D eigenvalue weighted by molar-refractivity contribution is 7.89. The number of alkyl halides is 11. The molecule has 5 aliphatic rings. The van der Waals surface area contributed by atoms with E-state index >= 15 is 17.6 Å². The molecule has 5 aliphatic carbocycles. The Hall–Kier alpha value is -13.4. The van der Waals surface area contributed by atoms with E-state index in [1.807, 2.05) is 70.2 Å². The van der Waals surface area contributed by atoms with Gasteiger partial charge in [-0.1, -0.05) is 157 Å². The Labute approximate surface area is 799 Å². The van der Waals surface area contributed by atoms with Gasteiger partial charge in [-0.3, -0.25) is 9.78 Å². The van der Waals surface area contributed by atoms with Crippen molar-refractivity contribution < 1.29 is 79.1 Å². The lowest BCUT2D eigenvalue weighted by Gasteiger charge is -2.29. The third kappa shape index (κ3) is 29.8. The van der Waals surface area contributed by atoms with Gasteiger partial charge >= 0.3 is 6.18 Å². The van der Waals surface area contributed by atoms with Gasteiger partial charge in [0, 0.05) is 151 Å². The lowest BCUT2D eigenvalue weighted by Crippen LogP contribution is -2.42. The average molecular weight is 1970 g/mol. The van der Waals surface area contributed by atoms with Crippen LogP contribution in [0.15, 0.2) is 189 Å². The van der Waals surface area contributed by atoms with Crippen LogP contribution in [0.5, 0.6) is 0 Å². The largest absolute Gasteiger partial charge is 0.404 e. The maximum Gasteiger partial charge on any atom is 0.404 e. The number of primary amides is 1. The Kier molecular flexibility index (Phi) is 32.8. The quantitative estimate of drug-likeness (QED) is 0.0176. The number of hydrogen-bond acceptors (Lipinski definition) is 23. The highest BCUT2D eigenvalue weighted by Gasteiger charge is 2.41. The van der Waals surface area contributed by atoms with Crippen LogP contribution in [-0.2, 0) is 97.2 Å². The van der Waals surface area contributed by atoms with Gasteiger partial charge in [0.05, 0.1) is 6.42 Å². The second-order valence-electron chi connectivity index (χ2n) is 36.0. The molecule has 6 aromatic carbocycles. The summed E-state index contributed by atoms with van der Waals surface area (Å²) in [6.07, 6.45) is 12.0. The van der Waals surface area contributed by atoms with Crippen LogP contribution in [0.3, 0.4) is 0 Å². The van der Waals surface area contributed by atoms with Crippen molar-refractivity contribution in [3.8, 4) is 0 Å². The summed E-state index contributed by atoms with van der Waals surface area (Å²) in [6, 6.07) is 43.2. The molecule has 1 amide bonds. The number of rotatable bonds is 39. The van der Waals surface area contributed by atoms with Gasteiger partial charge in [0.25, 0.3) is 23.7 Å². The van der Waals surface area contributed by atoms with Crippen molar-refractivity contribution in [1.82, 2.24) is 70.2 Å². The Morgan fingerprint density at radius 3 is 0.993 bits per heavy atom. The number of carbonyl (C=O) groups excluding carboxylic acids is 1. The molecular weight excluding hydrogens is 1860 g/mol. The van der Waals surface area contributed by atoms with Crippen LogP contribution in [0.4, 0.5) is 112 Å². The van der Waals surface area contributed by atoms with Crippen LogP contribution in [0.1, 0.15) is 189 Å². The van der Waals surface area contributed by atoms with Gasteiger partial charge in [0.1, 0.15) is 25.3 Å². The number of tetrazole rings is 1. The van der Waals surface area contributed by atoms with E-state index in [2.05, 4.69) is 91.5 Å². The zero-order valence-corrected chi connectivity index (χ0v) is 78.0. The highest BCUT2D eigenvalue weighted by atomic mass is 32.2. The standard InChI is InChI=1S/C25H31F6N5O2S.C25H25F3N8.C25H26F3N5O.C23H24F3N5/c1-24(27,28)18-6-2-17(3-7-18)13-36(20-10-11-20)23-21(26)22(33-15-34-23)32-12-16-4-8-19(9-5-16)35-39(37,38)14-25(29,30)31;1-25(27,28)19-8-6-18(7-9-19)14-36(20-10-11-20)24-22(26)23(30-15-31-24)29-13-17-4-2-16(3-5-17)12-21-32-34-35-33-21;1-25(27,28)19-8-6-18(7-9-19)14-33(20-10-11-20)24-22(26)23(31-15-32-24)30-13-17-4-2-16(3-5-17)12-21(29)34;1-15-3-4-17(11-27-15)12-28-21-20(24)22(30-14-29-21)31(19-9-10-19)13-16-5-7-18(8-6-16)23(2,25)26/h2-3,6-7,15-16,19-20,35H,4-5,8-14H2,1H3,(H,32,33,34);2-9,15,20H,10-14H2,1H3,(H,29,30,31)(H,32,33,34,35);2-9,15,20H,10-14H2,1H3,(H2,29,34)(H,30,31,32);3-8,11,14,19H,9-10,12-13H2,1-2H3,(H,28,29,30). The molecule has 42 heteroatoms. The van der Waals surface area contributed by atoms with Crippen molar-refractivity contribution in [3.63, 3.8) is 0 Å². The smallest absolute Gasteiger partial charge is 0.369 e. The molecule has 6 aromatic heterocycles. The number of anilines is 8. The predicted molar refractivity (Wildman–Crippen MR) is 500 cm³/mol. The number of carbonyl (C=O) groups is 1. The zero-order chi connectivity index (χ0) is 99.9. The van der Waals surface area contributed by atoms with Crippen LogP contribution in [0, 0.1) is 36.1 Å². The number of nitrogens with two attached hydrogens (primary N) is 1. The van der Waals surface area contributed by atoms with Crippen LogP contribution >= 0.6 is 0 Å². The van der Waals surface area contributed by atoms with E-state index in [1.165, 1.54) is 73.8 Å². The van der Waals surface area contributed by atoms with E-state index in [0.717, 1.165) is 135 Å². The van der Waals surface area contributed by atoms with Gasteiger partial charge < -0.3 is 46.6 Å². The minimum absolute atomic E-state index is 0.0135. The molecule has 12 aromatic rings. The number of sulfonamides is 1. The minimum Gasteiger partial charge on any atom is -0.369 e. The predicted octanol–water partition coefficient (Wildman–Crippen LogP) is 19.7. The van der Waals surface area contributed by atoms with Crippen molar-refractivity contribution >= 4 is 62.5 Å². The fourth-order valence-corrected chi connectivity index (χ4v) is 17.0. The molecule has 26 nitrogen and oxygen atoms in total. The van der Waals surface area contributed by atoms with Crippen LogP contribution in [-0.4, -0.2) is 128 Å². The van der Waals surface area contributed by atoms with Gasteiger partial charge in [-0.25, -0.2) is 88.1 Å². The summed E-state index contributed by atoms with van der Waals surface area (Å²) in [7, 11) is -4.46. The molecule has 6 heterocycles. The number of H-pyrrole nitrogens is 1. The summed E-state index contributed by atoms with van der Waals surface area (Å²) >= 11 is 0. The van der Waals surface area contributed by atoms with E-state index in [9.17, 15) is 61.5 Å². The average Bonchev–Trinajstić information content (AvgIpc) is 1.64. The third-order valence-electron chi connectivity index (χ3n) is 24.0. The number of halogens is 15. The monoisotopic (exact) mass is 1970 g/mol. The number of benzene rings is 6. The van der Waals surface area contributed by atoms with Gasteiger partial charge in [0.2, 0.25) is 39.2 Å². The molecule has 8 N–H and O–H groups in total. The van der Waals surface area contributed by atoms with Crippen molar-refractivity contribution in [2.45, 2.75) is 230 Å². The molecule has 5 fully saturated rings.